The van der Waals surface area contributed by atoms with E-state index in [4.69, 9.17) is 14.3 Å². The zero-order valence-electron chi connectivity index (χ0n) is 16.4. The molecule has 12 nitrogen and oxygen atoms in total. The van der Waals surface area contributed by atoms with Gasteiger partial charge in [0.25, 0.3) is 0 Å². The first-order chi connectivity index (χ1) is 13.9. The molecule has 2 amide bonds. The largest absolute Gasteiger partial charge is 1.00 e. The van der Waals surface area contributed by atoms with Crippen molar-refractivity contribution in [2.24, 2.45) is 0 Å². The molecule has 1 aliphatic rings. The van der Waals surface area contributed by atoms with E-state index >= 15 is 0 Å². The number of hydrogen-bond donors (Lipinski definition) is 2. The number of ether oxygens (including phenoxy) is 2. The maximum Gasteiger partial charge on any atom is 1.00 e. The maximum absolute atomic E-state index is 12.7. The Morgan fingerprint density at radius 2 is 1.97 bits per heavy atom. The Bertz CT molecular complexity index is 1030. The second kappa shape index (κ2) is 10.5. The van der Waals surface area contributed by atoms with Crippen molar-refractivity contribution in [1.82, 2.24) is 20.4 Å². The van der Waals surface area contributed by atoms with E-state index in [-0.39, 0.29) is 52.8 Å². The summed E-state index contributed by atoms with van der Waals surface area (Å²) in [7, 11) is -1.72. The van der Waals surface area contributed by atoms with Gasteiger partial charge in [0, 0.05) is 11.8 Å². The van der Waals surface area contributed by atoms with Crippen molar-refractivity contribution in [3.63, 3.8) is 0 Å². The topological polar surface area (TPSA) is 156 Å². The molecule has 0 radical (unpaired) electrons. The zero-order valence-corrected chi connectivity index (χ0v) is 19.3. The predicted molar refractivity (Wildman–Crippen MR) is 101 cm³/mol. The smallest absolute Gasteiger partial charge is 0.481 e. The van der Waals surface area contributed by atoms with Crippen LogP contribution in [0.15, 0.2) is 35.5 Å². The van der Waals surface area contributed by atoms with Crippen molar-refractivity contribution in [2.75, 3.05) is 26.1 Å². The van der Waals surface area contributed by atoms with Crippen molar-refractivity contribution in [3.05, 3.63) is 40.8 Å². The Hall–Kier alpha value is -2.45. The van der Waals surface area contributed by atoms with Crippen LogP contribution in [0, 0.1) is 0 Å². The number of amides is 2. The van der Waals surface area contributed by atoms with Gasteiger partial charge >= 0.3 is 29.6 Å². The molecule has 0 spiro atoms. The molecule has 2 aromatic rings. The van der Waals surface area contributed by atoms with Gasteiger partial charge in [0.2, 0.25) is 21.8 Å². The molecule has 0 atom stereocenters. The predicted octanol–water partition coefficient (Wildman–Crippen LogP) is -1.55. The molecule has 0 fully saturated rings. The molecule has 2 N–H and O–H groups in total. The molecule has 3 rings (SSSR count). The summed E-state index contributed by atoms with van der Waals surface area (Å²) in [5.74, 6) is -0.0221. The summed E-state index contributed by atoms with van der Waals surface area (Å²) in [6, 6.07) is 3.26. The van der Waals surface area contributed by atoms with Crippen LogP contribution in [0.5, 0.6) is 11.8 Å². The van der Waals surface area contributed by atoms with Gasteiger partial charge in [-0.2, -0.15) is 9.97 Å². The van der Waals surface area contributed by atoms with Gasteiger partial charge in [-0.15, -0.1) is 0 Å². The normalized spacial score (nSPS) is 13.2. The molecular weight excluding hydrogens is 427 g/mol. The Balaban J connectivity index is 0.00000320. The van der Waals surface area contributed by atoms with Gasteiger partial charge < -0.3 is 19.5 Å². The van der Waals surface area contributed by atoms with Crippen LogP contribution in [-0.2, 0) is 14.9 Å². The van der Waals surface area contributed by atoms with Crippen molar-refractivity contribution >= 4 is 27.7 Å². The summed E-state index contributed by atoms with van der Waals surface area (Å²) in [4.78, 5) is 28.9. The quantitative estimate of drug-likeness (QED) is 0.500. The second-order valence-electron chi connectivity index (χ2n) is 5.49. The van der Waals surface area contributed by atoms with Crippen LogP contribution in [0.25, 0.3) is 10.4 Å². The summed E-state index contributed by atoms with van der Waals surface area (Å²) in [5, 5.41) is 1.77. The second-order valence-corrected chi connectivity index (χ2v) is 7.01. The number of urea groups is 1. The standard InChI is InChI=1S/C16H18N6O6S.Na/c1-26-12-9-13(27-2)19-15(18-12)20-16(23)22-29(24,25)14-10(5-3-7-17-14)11-6-4-8-28-21-11;/h3,5-7,9,21H,4,8H2,1-2H3,(H2,18,19,20,22,23);/q;+1/p-1. The van der Waals surface area contributed by atoms with Gasteiger partial charge in [0.1, 0.15) is 0 Å². The molecule has 14 heteroatoms. The van der Waals surface area contributed by atoms with E-state index in [1.54, 1.807) is 12.1 Å². The third-order valence-corrected chi connectivity index (χ3v) is 4.80. The van der Waals surface area contributed by atoms with E-state index in [1.807, 2.05) is 0 Å². The van der Waals surface area contributed by atoms with E-state index in [9.17, 15) is 13.2 Å². The Kier molecular flexibility index (Phi) is 8.37. The Labute approximate surface area is 194 Å². The number of methoxy groups -OCH3 is 2. The van der Waals surface area contributed by atoms with Gasteiger partial charge in [0.05, 0.1) is 32.6 Å². The number of sulfonamides is 1. The van der Waals surface area contributed by atoms with Crippen LogP contribution in [-0.4, -0.2) is 50.2 Å². The van der Waals surface area contributed by atoms with Crippen molar-refractivity contribution in [2.45, 2.75) is 11.4 Å². The number of aromatic nitrogens is 3. The van der Waals surface area contributed by atoms with Crippen LogP contribution in [0.3, 0.4) is 0 Å². The summed E-state index contributed by atoms with van der Waals surface area (Å²) in [6.45, 7) is 0.447. The number of pyridine rings is 1. The van der Waals surface area contributed by atoms with Gasteiger partial charge in [-0.3, -0.25) is 15.1 Å². The van der Waals surface area contributed by atoms with Crippen LogP contribution in [0.1, 0.15) is 12.0 Å². The zero-order chi connectivity index (χ0) is 20.9. The molecule has 1 aliphatic heterocycles. The van der Waals surface area contributed by atoms with Gasteiger partial charge in [0.15, 0.2) is 17.0 Å². The average molecular weight is 444 g/mol. The van der Waals surface area contributed by atoms with E-state index in [2.05, 4.69) is 30.5 Å². The summed E-state index contributed by atoms with van der Waals surface area (Å²) in [6.07, 6.45) is 3.63. The van der Waals surface area contributed by atoms with Crippen LogP contribution < -0.4 is 49.8 Å². The molecule has 0 saturated heterocycles. The van der Waals surface area contributed by atoms with Gasteiger partial charge in [-0.25, -0.2) is 13.4 Å². The first-order valence-electron chi connectivity index (χ1n) is 8.22. The summed E-state index contributed by atoms with van der Waals surface area (Å²) in [5.41, 5.74) is 3.27. The molecule has 0 bridgehead atoms. The number of nitrogens with zero attached hydrogens (tertiary/aromatic N) is 4. The van der Waals surface area contributed by atoms with Crippen molar-refractivity contribution in [1.29, 1.82) is 0 Å². The number of hydrogen-bond acceptors (Lipinski definition) is 10. The number of hydroxylamine groups is 1. The molecule has 0 aliphatic carbocycles. The number of carbonyl (C=O) groups is 1. The SMILES string of the molecule is COc1cc(OC)nc(NC(=O)[N-]S(=O)(=O)c2ncccc2C2=CCCON2)n1.[Na+]. The first-order valence-corrected chi connectivity index (χ1v) is 9.66. The number of nitrogens with one attached hydrogen (secondary N) is 2. The minimum absolute atomic E-state index is 0. The fourth-order valence-corrected chi connectivity index (χ4v) is 3.34. The minimum atomic E-state index is -4.44. The van der Waals surface area contributed by atoms with Crippen LogP contribution in [0.2, 0.25) is 0 Å². The van der Waals surface area contributed by atoms with Gasteiger partial charge in [-0.05, 0) is 18.6 Å². The molecule has 30 heavy (non-hydrogen) atoms. The molecule has 0 unspecified atom stereocenters. The summed E-state index contributed by atoms with van der Waals surface area (Å²) >= 11 is 0. The molecule has 154 valence electrons. The summed E-state index contributed by atoms with van der Waals surface area (Å²) < 4.78 is 38.5. The Morgan fingerprint density at radius 3 is 2.57 bits per heavy atom. The monoisotopic (exact) mass is 444 g/mol. The van der Waals surface area contributed by atoms with Crippen LogP contribution in [0.4, 0.5) is 10.7 Å². The number of rotatable bonds is 6. The molecule has 0 aromatic carbocycles. The molecule has 3 heterocycles. The first kappa shape index (κ1) is 23.8. The van der Waals surface area contributed by atoms with E-state index < -0.39 is 21.1 Å². The van der Waals surface area contributed by atoms with E-state index in [0.717, 1.165) is 0 Å². The molecular formula is C16H17N6NaO6S. The number of carbonyl (C=O) groups excluding carboxylic acids is 1. The fraction of sp³-hybridized carbons (Fsp3) is 0.250. The van der Waals surface area contributed by atoms with E-state index in [1.165, 1.54) is 32.5 Å². The maximum atomic E-state index is 12.7. The van der Waals surface area contributed by atoms with Crippen molar-refractivity contribution in [3.8, 4) is 11.8 Å². The van der Waals surface area contributed by atoms with E-state index in [0.29, 0.717) is 18.7 Å². The Morgan fingerprint density at radius 1 is 1.27 bits per heavy atom. The third-order valence-electron chi connectivity index (χ3n) is 3.58. The molecule has 0 saturated carbocycles. The van der Waals surface area contributed by atoms with Gasteiger partial charge in [-0.1, -0.05) is 6.08 Å². The number of anilines is 1. The third kappa shape index (κ3) is 5.79. The van der Waals surface area contributed by atoms with Crippen molar-refractivity contribution < 1.29 is 57.1 Å². The average Bonchev–Trinajstić information content (AvgIpc) is 2.73. The van der Waals surface area contributed by atoms with Crippen LogP contribution >= 0.6 is 0 Å². The molecule has 2 aromatic heterocycles. The minimum Gasteiger partial charge on any atom is -0.481 e. The fourth-order valence-electron chi connectivity index (χ4n) is 2.34.